The van der Waals surface area contributed by atoms with Gasteiger partial charge in [0.2, 0.25) is 5.91 Å². The van der Waals surface area contributed by atoms with Crippen molar-refractivity contribution in [1.29, 1.82) is 0 Å². The van der Waals surface area contributed by atoms with Crippen LogP contribution in [-0.2, 0) is 4.79 Å². The lowest BCUT2D eigenvalue weighted by atomic mass is 9.97. The molecule has 0 saturated carbocycles. The van der Waals surface area contributed by atoms with Crippen LogP contribution < -0.4 is 10.7 Å². The van der Waals surface area contributed by atoms with E-state index in [1.807, 2.05) is 0 Å². The van der Waals surface area contributed by atoms with Crippen LogP contribution in [0.25, 0.3) is 0 Å². The molecule has 2 aromatic rings. The summed E-state index contributed by atoms with van der Waals surface area (Å²) in [6, 6.07) is 13.4. The molecule has 1 heterocycles. The quantitative estimate of drug-likeness (QED) is 0.506. The Balaban J connectivity index is 1.92. The molecule has 0 spiro atoms. The molecule has 1 amide bonds. The average Bonchev–Trinajstić information content (AvgIpc) is 2.65. The lowest BCUT2D eigenvalue weighted by molar-refractivity contribution is -0.125. The molecule has 6 heteroatoms. The van der Waals surface area contributed by atoms with Gasteiger partial charge >= 0.3 is 0 Å². The third-order valence-electron chi connectivity index (χ3n) is 4.31. The highest BCUT2D eigenvalue weighted by Crippen LogP contribution is 2.25. The van der Waals surface area contributed by atoms with Crippen LogP contribution in [-0.4, -0.2) is 34.9 Å². The summed E-state index contributed by atoms with van der Waals surface area (Å²) in [5, 5.41) is 27.8. The van der Waals surface area contributed by atoms with Crippen molar-refractivity contribution >= 4 is 11.6 Å². The number of piperidine rings is 1. The molecular formula is C19H21N3O3. The highest BCUT2D eigenvalue weighted by atomic mass is 16.3. The second-order valence-corrected chi connectivity index (χ2v) is 6.00. The fraction of sp³-hybridized carbons (Fsp3) is 0.263. The van der Waals surface area contributed by atoms with Gasteiger partial charge in [-0.15, -0.1) is 0 Å². The van der Waals surface area contributed by atoms with E-state index >= 15 is 0 Å². The SMILES string of the molecule is O=C(NN=C(c1ccccc1O)c1ccccc1O)C1CCNCC1. The van der Waals surface area contributed by atoms with Crippen molar-refractivity contribution in [3.63, 3.8) is 0 Å². The van der Waals surface area contributed by atoms with E-state index in [0.717, 1.165) is 25.9 Å². The van der Waals surface area contributed by atoms with Crippen LogP contribution in [0.3, 0.4) is 0 Å². The Morgan fingerprint density at radius 2 is 1.48 bits per heavy atom. The largest absolute Gasteiger partial charge is 0.507 e. The molecule has 4 N–H and O–H groups in total. The van der Waals surface area contributed by atoms with Crippen LogP contribution in [0.1, 0.15) is 24.0 Å². The van der Waals surface area contributed by atoms with Crippen molar-refractivity contribution in [2.45, 2.75) is 12.8 Å². The van der Waals surface area contributed by atoms with Crippen LogP contribution >= 0.6 is 0 Å². The molecule has 1 aliphatic rings. The zero-order valence-electron chi connectivity index (χ0n) is 13.8. The number of rotatable bonds is 4. The van der Waals surface area contributed by atoms with Gasteiger partial charge in [0.1, 0.15) is 17.2 Å². The molecule has 0 atom stereocenters. The smallest absolute Gasteiger partial charge is 0.243 e. The summed E-state index contributed by atoms with van der Waals surface area (Å²) >= 11 is 0. The summed E-state index contributed by atoms with van der Waals surface area (Å²) in [6.45, 7) is 1.63. The molecule has 0 bridgehead atoms. The Hall–Kier alpha value is -2.86. The number of carbonyl (C=O) groups excluding carboxylic acids is 1. The number of phenols is 2. The summed E-state index contributed by atoms with van der Waals surface area (Å²) in [4.78, 5) is 12.4. The molecule has 0 aromatic heterocycles. The van der Waals surface area contributed by atoms with Crippen molar-refractivity contribution in [3.05, 3.63) is 59.7 Å². The highest BCUT2D eigenvalue weighted by Gasteiger charge is 2.21. The lowest BCUT2D eigenvalue weighted by Gasteiger charge is -2.21. The van der Waals surface area contributed by atoms with Crippen molar-refractivity contribution in [2.24, 2.45) is 11.0 Å². The standard InChI is InChI=1S/C19H21N3O3/c23-16-7-3-1-5-14(16)18(15-6-2-4-8-17(15)24)21-22-19(25)13-9-11-20-12-10-13/h1-8,13,20,23-24H,9-12H2,(H,22,25). The number of carbonyl (C=O) groups is 1. The van der Waals surface area contributed by atoms with Gasteiger partial charge in [0, 0.05) is 17.0 Å². The maximum absolute atomic E-state index is 12.4. The molecule has 0 aliphatic carbocycles. The predicted octanol–water partition coefficient (Wildman–Crippen LogP) is 1.97. The monoisotopic (exact) mass is 339 g/mol. The van der Waals surface area contributed by atoms with Crippen molar-refractivity contribution in [3.8, 4) is 11.5 Å². The minimum atomic E-state index is -0.148. The van der Waals surface area contributed by atoms with E-state index in [0.29, 0.717) is 16.8 Å². The third kappa shape index (κ3) is 3.97. The minimum Gasteiger partial charge on any atom is -0.507 e. The van der Waals surface area contributed by atoms with Gasteiger partial charge < -0.3 is 15.5 Å². The van der Waals surface area contributed by atoms with Gasteiger partial charge in [-0.1, -0.05) is 24.3 Å². The molecule has 6 nitrogen and oxygen atoms in total. The molecule has 0 radical (unpaired) electrons. The number of benzene rings is 2. The minimum absolute atomic E-state index is 0.0284. The molecule has 130 valence electrons. The van der Waals surface area contributed by atoms with Gasteiger partial charge in [0.25, 0.3) is 0 Å². The van der Waals surface area contributed by atoms with E-state index in [9.17, 15) is 15.0 Å². The van der Waals surface area contributed by atoms with E-state index in [-0.39, 0.29) is 23.3 Å². The maximum atomic E-state index is 12.4. The van der Waals surface area contributed by atoms with E-state index < -0.39 is 0 Å². The first-order valence-corrected chi connectivity index (χ1v) is 8.32. The van der Waals surface area contributed by atoms with E-state index in [2.05, 4.69) is 15.8 Å². The second-order valence-electron chi connectivity index (χ2n) is 6.00. The van der Waals surface area contributed by atoms with Crippen molar-refractivity contribution < 1.29 is 15.0 Å². The number of nitrogens with one attached hydrogen (secondary N) is 2. The molecule has 25 heavy (non-hydrogen) atoms. The van der Waals surface area contributed by atoms with Gasteiger partial charge in [-0.3, -0.25) is 4.79 Å². The van der Waals surface area contributed by atoms with Gasteiger partial charge in [0.05, 0.1) is 0 Å². The Morgan fingerprint density at radius 3 is 2.00 bits per heavy atom. The highest BCUT2D eigenvalue weighted by molar-refractivity contribution is 6.16. The van der Waals surface area contributed by atoms with Gasteiger partial charge in [-0.25, -0.2) is 5.43 Å². The Kier molecular flexibility index (Phi) is 5.30. The second kappa shape index (κ2) is 7.81. The van der Waals surface area contributed by atoms with Crippen LogP contribution in [0.15, 0.2) is 53.6 Å². The summed E-state index contributed by atoms with van der Waals surface area (Å²) in [5.74, 6) is -0.175. The van der Waals surface area contributed by atoms with E-state index in [1.54, 1.807) is 48.5 Å². The molecule has 0 unspecified atom stereocenters. The van der Waals surface area contributed by atoms with Gasteiger partial charge in [-0.2, -0.15) is 5.10 Å². The van der Waals surface area contributed by atoms with Crippen LogP contribution in [0, 0.1) is 5.92 Å². The number of para-hydroxylation sites is 2. The Morgan fingerprint density at radius 1 is 0.960 bits per heavy atom. The fourth-order valence-corrected chi connectivity index (χ4v) is 2.90. The number of hydrazone groups is 1. The molecule has 1 aliphatic heterocycles. The molecule has 2 aromatic carbocycles. The first kappa shape index (κ1) is 17.0. The van der Waals surface area contributed by atoms with Crippen LogP contribution in [0.5, 0.6) is 11.5 Å². The summed E-state index contributed by atoms with van der Waals surface area (Å²) in [5.41, 5.74) is 3.80. The van der Waals surface area contributed by atoms with E-state index in [4.69, 9.17) is 0 Å². The van der Waals surface area contributed by atoms with Crippen molar-refractivity contribution in [2.75, 3.05) is 13.1 Å². The molecule has 1 fully saturated rings. The average molecular weight is 339 g/mol. The predicted molar refractivity (Wildman–Crippen MR) is 95.6 cm³/mol. The number of amides is 1. The zero-order valence-corrected chi connectivity index (χ0v) is 13.8. The van der Waals surface area contributed by atoms with E-state index in [1.165, 1.54) is 0 Å². The normalized spacial score (nSPS) is 14.7. The van der Waals surface area contributed by atoms with Gasteiger partial charge in [0.15, 0.2) is 0 Å². The van der Waals surface area contributed by atoms with Gasteiger partial charge in [-0.05, 0) is 50.2 Å². The summed E-state index contributed by atoms with van der Waals surface area (Å²) in [6.07, 6.45) is 1.54. The molecule has 1 saturated heterocycles. The number of hydrogen-bond donors (Lipinski definition) is 4. The number of aromatic hydroxyl groups is 2. The van der Waals surface area contributed by atoms with Crippen LogP contribution in [0.4, 0.5) is 0 Å². The topological polar surface area (TPSA) is 94.0 Å². The maximum Gasteiger partial charge on any atom is 0.243 e. The van der Waals surface area contributed by atoms with Crippen molar-refractivity contribution in [1.82, 2.24) is 10.7 Å². The zero-order chi connectivity index (χ0) is 17.6. The first-order valence-electron chi connectivity index (χ1n) is 8.32. The lowest BCUT2D eigenvalue weighted by Crippen LogP contribution is -2.36. The number of hydrogen-bond acceptors (Lipinski definition) is 5. The number of phenolic OH excluding ortho intramolecular Hbond substituents is 2. The first-order chi connectivity index (χ1) is 12.2. The Labute approximate surface area is 146 Å². The number of nitrogens with zero attached hydrogens (tertiary/aromatic N) is 1. The third-order valence-corrected chi connectivity index (χ3v) is 4.31. The summed E-state index contributed by atoms with van der Waals surface area (Å²) in [7, 11) is 0. The molecule has 3 rings (SSSR count). The Bertz CT molecular complexity index is 735. The fourth-order valence-electron chi connectivity index (χ4n) is 2.90. The van der Waals surface area contributed by atoms with Crippen LogP contribution in [0.2, 0.25) is 0 Å². The molecular weight excluding hydrogens is 318 g/mol. The summed E-state index contributed by atoms with van der Waals surface area (Å²) < 4.78 is 0.